The number of nitrogens with zero attached hydrogens (tertiary/aromatic N) is 1. The normalized spacial score (nSPS) is 25.9. The highest BCUT2D eigenvalue weighted by molar-refractivity contribution is 5.17. The molecule has 1 aliphatic rings. The average molecular weight is 136 g/mol. The Balaban J connectivity index is 2.61. The molecule has 1 N–H and O–H groups in total. The van der Waals surface area contributed by atoms with Crippen LogP contribution in [0.4, 0.5) is 0 Å². The Hall–Kier alpha value is -0.970. The summed E-state index contributed by atoms with van der Waals surface area (Å²) in [5.41, 5.74) is 1.27. The molecule has 0 aromatic rings. The number of hydrogen-bond donors (Lipinski definition) is 1. The fourth-order valence-electron chi connectivity index (χ4n) is 1.19. The van der Waals surface area contributed by atoms with Crippen LogP contribution in [0.25, 0.3) is 0 Å². The van der Waals surface area contributed by atoms with Gasteiger partial charge in [0.25, 0.3) is 0 Å². The Morgan fingerprint density at radius 3 is 2.80 bits per heavy atom. The molecule has 0 aromatic heterocycles. The van der Waals surface area contributed by atoms with E-state index >= 15 is 0 Å². The lowest BCUT2D eigenvalue weighted by molar-refractivity contribution is 0.470. The second-order valence-electron chi connectivity index (χ2n) is 3.31. The highest BCUT2D eigenvalue weighted by atomic mass is 15.0. The number of nitrogens with one attached hydrogen (secondary N) is 1. The predicted octanol–water partition coefficient (Wildman–Crippen LogP) is 1.56. The fourth-order valence-corrected chi connectivity index (χ4v) is 1.19. The first-order valence-electron chi connectivity index (χ1n) is 3.51. The van der Waals surface area contributed by atoms with Gasteiger partial charge in [-0.05, 0) is 26.7 Å². The van der Waals surface area contributed by atoms with Gasteiger partial charge >= 0.3 is 0 Å². The van der Waals surface area contributed by atoms with Crippen LogP contribution in [0, 0.1) is 11.3 Å². The summed E-state index contributed by atoms with van der Waals surface area (Å²) >= 11 is 0. The van der Waals surface area contributed by atoms with E-state index in [0.29, 0.717) is 0 Å². The largest absolute Gasteiger partial charge is 0.383 e. The van der Waals surface area contributed by atoms with Crippen molar-refractivity contribution in [3.8, 4) is 6.07 Å². The standard InChI is InChI=1S/C8H12N2/c1-8(2)5-3-7(10-8)4-6-9/h4,10H,3,5H2,1-2H3. The Labute approximate surface area is 61.5 Å². The summed E-state index contributed by atoms with van der Waals surface area (Å²) in [6.07, 6.45) is 3.73. The van der Waals surface area contributed by atoms with E-state index in [0.717, 1.165) is 18.5 Å². The molecule has 0 amide bonds. The molecular formula is C8H12N2. The van der Waals surface area contributed by atoms with E-state index in [9.17, 15) is 0 Å². The number of allylic oxidation sites excluding steroid dienone is 2. The van der Waals surface area contributed by atoms with Gasteiger partial charge in [-0.3, -0.25) is 0 Å². The topological polar surface area (TPSA) is 35.8 Å². The van der Waals surface area contributed by atoms with Crippen molar-refractivity contribution in [3.63, 3.8) is 0 Å². The van der Waals surface area contributed by atoms with Gasteiger partial charge in [0.1, 0.15) is 0 Å². The monoisotopic (exact) mass is 136 g/mol. The van der Waals surface area contributed by atoms with Gasteiger partial charge in [0.05, 0.1) is 6.07 Å². The number of rotatable bonds is 0. The number of hydrogen-bond acceptors (Lipinski definition) is 2. The third-order valence-corrected chi connectivity index (χ3v) is 1.76. The van der Waals surface area contributed by atoms with E-state index in [1.807, 2.05) is 6.07 Å². The molecule has 1 saturated heterocycles. The molecule has 1 rings (SSSR count). The maximum atomic E-state index is 8.33. The molecule has 0 aromatic carbocycles. The van der Waals surface area contributed by atoms with Crippen molar-refractivity contribution < 1.29 is 0 Å². The van der Waals surface area contributed by atoms with Gasteiger partial charge in [-0.2, -0.15) is 5.26 Å². The van der Waals surface area contributed by atoms with Gasteiger partial charge in [-0.15, -0.1) is 0 Å². The minimum atomic E-state index is 0.197. The second kappa shape index (κ2) is 2.34. The molecule has 0 atom stereocenters. The fraction of sp³-hybridized carbons (Fsp3) is 0.625. The highest BCUT2D eigenvalue weighted by Crippen LogP contribution is 2.23. The summed E-state index contributed by atoms with van der Waals surface area (Å²) in [5, 5.41) is 11.6. The molecule has 0 saturated carbocycles. The Kier molecular flexibility index (Phi) is 1.67. The maximum Gasteiger partial charge on any atom is 0.0930 e. The summed E-state index contributed by atoms with van der Waals surface area (Å²) in [6, 6.07) is 2.02. The summed E-state index contributed by atoms with van der Waals surface area (Å²) in [5.74, 6) is 0. The minimum Gasteiger partial charge on any atom is -0.383 e. The molecule has 1 heterocycles. The van der Waals surface area contributed by atoms with Crippen molar-refractivity contribution in [3.05, 3.63) is 11.8 Å². The SMILES string of the molecule is CC1(C)CCC(=CC#N)N1. The third kappa shape index (κ3) is 1.51. The van der Waals surface area contributed by atoms with Crippen LogP contribution >= 0.6 is 0 Å². The lowest BCUT2D eigenvalue weighted by Crippen LogP contribution is -2.30. The molecular weight excluding hydrogens is 124 g/mol. The van der Waals surface area contributed by atoms with Crippen LogP contribution in [0.2, 0.25) is 0 Å². The van der Waals surface area contributed by atoms with Crippen LogP contribution in [0.15, 0.2) is 11.8 Å². The Bertz CT molecular complexity index is 196. The van der Waals surface area contributed by atoms with Crippen molar-refractivity contribution in [1.82, 2.24) is 5.32 Å². The van der Waals surface area contributed by atoms with Crippen molar-refractivity contribution in [2.75, 3.05) is 0 Å². The van der Waals surface area contributed by atoms with Gasteiger partial charge in [-0.1, -0.05) is 0 Å². The molecule has 0 spiro atoms. The van der Waals surface area contributed by atoms with Gasteiger partial charge in [0.15, 0.2) is 0 Å². The summed E-state index contributed by atoms with van der Waals surface area (Å²) < 4.78 is 0. The van der Waals surface area contributed by atoms with E-state index in [2.05, 4.69) is 19.2 Å². The first-order valence-corrected chi connectivity index (χ1v) is 3.51. The van der Waals surface area contributed by atoms with Crippen LogP contribution in [0.3, 0.4) is 0 Å². The summed E-state index contributed by atoms with van der Waals surface area (Å²) in [4.78, 5) is 0. The first-order chi connectivity index (χ1) is 4.64. The molecule has 0 unspecified atom stereocenters. The molecule has 1 aliphatic heterocycles. The smallest absolute Gasteiger partial charge is 0.0930 e. The Morgan fingerprint density at radius 2 is 2.40 bits per heavy atom. The van der Waals surface area contributed by atoms with Crippen LogP contribution < -0.4 is 5.32 Å². The van der Waals surface area contributed by atoms with Crippen LogP contribution in [-0.4, -0.2) is 5.54 Å². The number of nitriles is 1. The van der Waals surface area contributed by atoms with Gasteiger partial charge < -0.3 is 5.32 Å². The van der Waals surface area contributed by atoms with E-state index < -0.39 is 0 Å². The molecule has 10 heavy (non-hydrogen) atoms. The van der Waals surface area contributed by atoms with E-state index in [1.165, 1.54) is 0 Å². The van der Waals surface area contributed by atoms with E-state index in [4.69, 9.17) is 5.26 Å². The van der Waals surface area contributed by atoms with Crippen molar-refractivity contribution >= 4 is 0 Å². The van der Waals surface area contributed by atoms with Crippen LogP contribution in [0.5, 0.6) is 0 Å². The summed E-state index contributed by atoms with van der Waals surface area (Å²) in [7, 11) is 0. The van der Waals surface area contributed by atoms with Crippen molar-refractivity contribution in [2.45, 2.75) is 32.2 Å². The second-order valence-corrected chi connectivity index (χ2v) is 3.31. The van der Waals surface area contributed by atoms with Crippen LogP contribution in [0.1, 0.15) is 26.7 Å². The highest BCUT2D eigenvalue weighted by Gasteiger charge is 2.24. The maximum absolute atomic E-state index is 8.33. The molecule has 2 nitrogen and oxygen atoms in total. The predicted molar refractivity (Wildman–Crippen MR) is 40.1 cm³/mol. The van der Waals surface area contributed by atoms with Crippen LogP contribution in [-0.2, 0) is 0 Å². The molecule has 0 radical (unpaired) electrons. The first kappa shape index (κ1) is 7.14. The average Bonchev–Trinajstić information content (AvgIpc) is 2.12. The zero-order valence-corrected chi connectivity index (χ0v) is 6.44. The van der Waals surface area contributed by atoms with Crippen molar-refractivity contribution in [2.24, 2.45) is 0 Å². The lowest BCUT2D eigenvalue weighted by atomic mass is 10.0. The van der Waals surface area contributed by atoms with E-state index in [-0.39, 0.29) is 5.54 Å². The molecule has 1 fully saturated rings. The van der Waals surface area contributed by atoms with Gasteiger partial charge in [0, 0.05) is 17.3 Å². The van der Waals surface area contributed by atoms with Crippen molar-refractivity contribution in [1.29, 1.82) is 5.26 Å². The molecule has 0 bridgehead atoms. The summed E-state index contributed by atoms with van der Waals surface area (Å²) in [6.45, 7) is 4.29. The van der Waals surface area contributed by atoms with E-state index in [1.54, 1.807) is 6.08 Å². The zero-order valence-electron chi connectivity index (χ0n) is 6.44. The Morgan fingerprint density at radius 1 is 1.70 bits per heavy atom. The quantitative estimate of drug-likeness (QED) is 0.513. The minimum absolute atomic E-state index is 0.197. The third-order valence-electron chi connectivity index (χ3n) is 1.76. The van der Waals surface area contributed by atoms with Gasteiger partial charge in [-0.25, -0.2) is 0 Å². The molecule has 54 valence electrons. The molecule has 2 heteroatoms. The zero-order chi connectivity index (χ0) is 7.61. The lowest BCUT2D eigenvalue weighted by Gasteiger charge is -2.17. The molecule has 0 aliphatic carbocycles. The van der Waals surface area contributed by atoms with Gasteiger partial charge in [0.2, 0.25) is 0 Å².